The van der Waals surface area contributed by atoms with Crippen molar-refractivity contribution < 1.29 is 14.6 Å². The van der Waals surface area contributed by atoms with Crippen LogP contribution in [0.2, 0.25) is 0 Å². The van der Waals surface area contributed by atoms with E-state index in [0.29, 0.717) is 11.1 Å². The van der Waals surface area contributed by atoms with Gasteiger partial charge in [-0.1, -0.05) is 0 Å². The van der Waals surface area contributed by atoms with Crippen LogP contribution in [0.1, 0.15) is 21.6 Å². The lowest BCUT2D eigenvalue weighted by Crippen LogP contribution is -2.07. The first-order chi connectivity index (χ1) is 6.19. The minimum Gasteiger partial charge on any atom is -0.465 e. The number of hydrogen-bond donors (Lipinski definition) is 1. The van der Waals surface area contributed by atoms with E-state index >= 15 is 0 Å². The lowest BCUT2D eigenvalue weighted by molar-refractivity contribution is 0.0596. The van der Waals surface area contributed by atoms with Gasteiger partial charge >= 0.3 is 5.97 Å². The molecule has 0 atom stereocenters. The molecule has 0 saturated heterocycles. The van der Waals surface area contributed by atoms with Crippen molar-refractivity contribution in [3.05, 3.63) is 29.1 Å². The SMILES string of the molecule is COC(=O)c1cnc(C)cc1CO. The summed E-state index contributed by atoms with van der Waals surface area (Å²) in [5.74, 6) is -0.475. The third-order valence-electron chi connectivity index (χ3n) is 1.70. The summed E-state index contributed by atoms with van der Waals surface area (Å²) < 4.78 is 4.53. The minimum absolute atomic E-state index is 0.187. The maximum atomic E-state index is 11.1. The molecule has 4 nitrogen and oxygen atoms in total. The van der Waals surface area contributed by atoms with Gasteiger partial charge in [-0.2, -0.15) is 0 Å². The van der Waals surface area contributed by atoms with Crippen LogP contribution in [-0.2, 0) is 11.3 Å². The van der Waals surface area contributed by atoms with E-state index in [-0.39, 0.29) is 6.61 Å². The molecule has 1 rings (SSSR count). The van der Waals surface area contributed by atoms with Gasteiger partial charge in [-0.25, -0.2) is 4.79 Å². The van der Waals surface area contributed by atoms with Crippen molar-refractivity contribution in [2.45, 2.75) is 13.5 Å². The van der Waals surface area contributed by atoms with E-state index in [1.54, 1.807) is 13.0 Å². The van der Waals surface area contributed by atoms with E-state index in [9.17, 15) is 4.79 Å². The highest BCUT2D eigenvalue weighted by Crippen LogP contribution is 2.10. The summed E-state index contributed by atoms with van der Waals surface area (Å²) in [5, 5.41) is 8.95. The second-order valence-corrected chi connectivity index (χ2v) is 2.63. The fourth-order valence-electron chi connectivity index (χ4n) is 1.04. The molecule has 0 unspecified atom stereocenters. The number of nitrogens with zero attached hydrogens (tertiary/aromatic N) is 1. The monoisotopic (exact) mass is 181 g/mol. The highest BCUT2D eigenvalue weighted by Gasteiger charge is 2.11. The van der Waals surface area contributed by atoms with Gasteiger partial charge in [0, 0.05) is 11.9 Å². The van der Waals surface area contributed by atoms with Crippen molar-refractivity contribution >= 4 is 5.97 Å². The standard InChI is InChI=1S/C9H11NO3/c1-6-3-7(5-11)8(4-10-6)9(12)13-2/h3-4,11H,5H2,1-2H3. The average molecular weight is 181 g/mol. The van der Waals surface area contributed by atoms with Gasteiger partial charge in [-0.15, -0.1) is 0 Å². The van der Waals surface area contributed by atoms with Gasteiger partial charge in [-0.05, 0) is 18.6 Å². The molecule has 0 radical (unpaired) electrons. The molecule has 1 aromatic rings. The smallest absolute Gasteiger partial charge is 0.339 e. The largest absolute Gasteiger partial charge is 0.465 e. The highest BCUT2D eigenvalue weighted by atomic mass is 16.5. The van der Waals surface area contributed by atoms with Gasteiger partial charge in [-0.3, -0.25) is 4.98 Å². The molecule has 1 heterocycles. The molecule has 70 valence electrons. The van der Waals surface area contributed by atoms with Crippen LogP contribution in [0.5, 0.6) is 0 Å². The van der Waals surface area contributed by atoms with E-state index in [0.717, 1.165) is 5.69 Å². The van der Waals surface area contributed by atoms with E-state index < -0.39 is 5.97 Å². The minimum atomic E-state index is -0.475. The molecule has 0 aromatic carbocycles. The number of aliphatic hydroxyl groups excluding tert-OH is 1. The highest BCUT2D eigenvalue weighted by molar-refractivity contribution is 5.90. The van der Waals surface area contributed by atoms with Crippen molar-refractivity contribution in [1.29, 1.82) is 0 Å². The first kappa shape index (κ1) is 9.67. The van der Waals surface area contributed by atoms with Gasteiger partial charge in [0.25, 0.3) is 0 Å². The maximum absolute atomic E-state index is 11.1. The zero-order valence-electron chi connectivity index (χ0n) is 7.57. The Balaban J connectivity index is 3.13. The first-order valence-electron chi connectivity index (χ1n) is 3.83. The van der Waals surface area contributed by atoms with Crippen molar-refractivity contribution in [1.82, 2.24) is 4.98 Å². The van der Waals surface area contributed by atoms with Gasteiger partial charge in [0.15, 0.2) is 0 Å². The van der Waals surface area contributed by atoms with Gasteiger partial charge in [0.1, 0.15) is 0 Å². The van der Waals surface area contributed by atoms with Gasteiger partial charge in [0.2, 0.25) is 0 Å². The van der Waals surface area contributed by atoms with Crippen LogP contribution in [-0.4, -0.2) is 23.2 Å². The second kappa shape index (κ2) is 4.00. The fraction of sp³-hybridized carbons (Fsp3) is 0.333. The van der Waals surface area contributed by atoms with E-state index in [1.165, 1.54) is 13.3 Å². The van der Waals surface area contributed by atoms with Crippen LogP contribution >= 0.6 is 0 Å². The topological polar surface area (TPSA) is 59.4 Å². The van der Waals surface area contributed by atoms with Crippen molar-refractivity contribution in [2.24, 2.45) is 0 Å². The fourth-order valence-corrected chi connectivity index (χ4v) is 1.04. The number of rotatable bonds is 2. The van der Waals surface area contributed by atoms with Crippen LogP contribution in [0.4, 0.5) is 0 Å². The Kier molecular flexibility index (Phi) is 2.97. The zero-order valence-corrected chi connectivity index (χ0v) is 7.57. The Morgan fingerprint density at radius 3 is 2.92 bits per heavy atom. The molecule has 0 spiro atoms. The number of ether oxygens (including phenoxy) is 1. The lowest BCUT2D eigenvalue weighted by atomic mass is 10.1. The number of carbonyl (C=O) groups is 1. The summed E-state index contributed by atoms with van der Waals surface area (Å²) in [6.07, 6.45) is 1.41. The first-order valence-corrected chi connectivity index (χ1v) is 3.83. The molecule has 1 N–H and O–H groups in total. The summed E-state index contributed by atoms with van der Waals surface area (Å²) in [6.45, 7) is 1.61. The zero-order chi connectivity index (χ0) is 9.84. The Morgan fingerprint density at radius 1 is 1.69 bits per heavy atom. The number of methoxy groups -OCH3 is 1. The summed E-state index contributed by atoms with van der Waals surface area (Å²) in [7, 11) is 1.29. The third-order valence-corrected chi connectivity index (χ3v) is 1.70. The average Bonchev–Trinajstić information content (AvgIpc) is 2.16. The predicted octanol–water partition coefficient (Wildman–Crippen LogP) is 0.669. The third kappa shape index (κ3) is 2.03. The van der Waals surface area contributed by atoms with Crippen molar-refractivity contribution in [3.8, 4) is 0 Å². The number of hydrogen-bond acceptors (Lipinski definition) is 4. The molecular weight excluding hydrogens is 170 g/mol. The number of aromatic nitrogens is 1. The van der Waals surface area contributed by atoms with Crippen molar-refractivity contribution in [2.75, 3.05) is 7.11 Å². The number of pyridine rings is 1. The Bertz CT molecular complexity index is 323. The van der Waals surface area contributed by atoms with E-state index in [4.69, 9.17) is 5.11 Å². The number of esters is 1. The second-order valence-electron chi connectivity index (χ2n) is 2.63. The van der Waals surface area contributed by atoms with Crippen LogP contribution in [0.3, 0.4) is 0 Å². The van der Waals surface area contributed by atoms with Crippen LogP contribution in [0.25, 0.3) is 0 Å². The summed E-state index contributed by atoms with van der Waals surface area (Å²) >= 11 is 0. The molecule has 0 aliphatic carbocycles. The molecule has 13 heavy (non-hydrogen) atoms. The van der Waals surface area contributed by atoms with Crippen LogP contribution in [0, 0.1) is 6.92 Å². The molecular formula is C9H11NO3. The number of aryl methyl sites for hydroxylation is 1. The number of aliphatic hydroxyl groups is 1. The molecule has 0 aliphatic heterocycles. The maximum Gasteiger partial charge on any atom is 0.339 e. The normalized spacial score (nSPS) is 9.77. The molecule has 0 bridgehead atoms. The summed E-state index contributed by atoms with van der Waals surface area (Å²) in [6, 6.07) is 1.66. The lowest BCUT2D eigenvalue weighted by Gasteiger charge is -2.04. The quantitative estimate of drug-likeness (QED) is 0.681. The Hall–Kier alpha value is -1.42. The molecule has 0 saturated carbocycles. The van der Waals surface area contributed by atoms with E-state index in [2.05, 4.69) is 9.72 Å². The number of carbonyl (C=O) groups excluding carboxylic acids is 1. The molecule has 0 aliphatic rings. The Labute approximate surface area is 76.2 Å². The predicted molar refractivity (Wildman–Crippen MR) is 46.2 cm³/mol. The van der Waals surface area contributed by atoms with Gasteiger partial charge < -0.3 is 9.84 Å². The molecule has 0 amide bonds. The summed E-state index contributed by atoms with van der Waals surface area (Å²) in [5.41, 5.74) is 1.62. The van der Waals surface area contributed by atoms with E-state index in [1.807, 2.05) is 0 Å². The van der Waals surface area contributed by atoms with Crippen LogP contribution < -0.4 is 0 Å². The Morgan fingerprint density at radius 2 is 2.38 bits per heavy atom. The van der Waals surface area contributed by atoms with Crippen molar-refractivity contribution in [3.63, 3.8) is 0 Å². The summed E-state index contributed by atoms with van der Waals surface area (Å²) in [4.78, 5) is 15.1. The molecule has 0 fully saturated rings. The van der Waals surface area contributed by atoms with Gasteiger partial charge in [0.05, 0.1) is 19.3 Å². The molecule has 1 aromatic heterocycles. The molecule has 4 heteroatoms. The van der Waals surface area contributed by atoms with Crippen LogP contribution in [0.15, 0.2) is 12.3 Å².